The van der Waals surface area contributed by atoms with Gasteiger partial charge < -0.3 is 15.1 Å². The van der Waals surface area contributed by atoms with Crippen LogP contribution in [-0.4, -0.2) is 16.2 Å². The van der Waals surface area contributed by atoms with Gasteiger partial charge in [-0.1, -0.05) is 40.9 Å². The summed E-state index contributed by atoms with van der Waals surface area (Å²) >= 11 is 3.49. The first-order valence-corrected chi connectivity index (χ1v) is 6.93. The third-order valence-electron chi connectivity index (χ3n) is 2.55. The van der Waals surface area contributed by atoms with Gasteiger partial charge in [0.2, 0.25) is 5.89 Å². The third-order valence-corrected chi connectivity index (χ3v) is 3.41. The monoisotopic (exact) mass is 324 g/mol. The second-order valence-corrected chi connectivity index (χ2v) is 5.48. The van der Waals surface area contributed by atoms with Crippen LogP contribution in [0.4, 0.5) is 11.7 Å². The van der Waals surface area contributed by atoms with Crippen molar-refractivity contribution in [3.8, 4) is 0 Å². The number of hydrogen-bond acceptors (Lipinski definition) is 5. The van der Waals surface area contributed by atoms with Crippen molar-refractivity contribution in [3.63, 3.8) is 0 Å². The molecule has 102 valence electrons. The molecule has 2 N–H and O–H groups in total. The molecular formula is C13H17BrN4O. The molecule has 2 aromatic rings. The number of halogens is 1. The number of rotatable bonds is 5. The van der Waals surface area contributed by atoms with E-state index in [0.717, 1.165) is 10.2 Å². The van der Waals surface area contributed by atoms with Crippen LogP contribution in [0, 0.1) is 6.92 Å². The Labute approximate surface area is 120 Å². The molecule has 0 bridgehead atoms. The van der Waals surface area contributed by atoms with E-state index in [1.54, 1.807) is 0 Å². The second-order valence-electron chi connectivity index (χ2n) is 4.63. The van der Waals surface area contributed by atoms with Crippen LogP contribution < -0.4 is 10.6 Å². The summed E-state index contributed by atoms with van der Waals surface area (Å²) in [5, 5.41) is 14.2. The molecule has 1 aromatic heterocycles. The highest BCUT2D eigenvalue weighted by atomic mass is 79.9. The summed E-state index contributed by atoms with van der Waals surface area (Å²) in [6.07, 6.45) is 0. The van der Waals surface area contributed by atoms with Gasteiger partial charge in [0.15, 0.2) is 0 Å². The molecule has 0 spiro atoms. The van der Waals surface area contributed by atoms with Gasteiger partial charge in [-0.05, 0) is 24.6 Å². The fourth-order valence-corrected chi connectivity index (χ4v) is 1.84. The maximum Gasteiger partial charge on any atom is 0.320 e. The summed E-state index contributed by atoms with van der Waals surface area (Å²) in [5.74, 6) is 0.572. The van der Waals surface area contributed by atoms with E-state index in [1.807, 2.05) is 25.1 Å². The van der Waals surface area contributed by atoms with Gasteiger partial charge in [-0.2, -0.15) is 0 Å². The predicted molar refractivity (Wildman–Crippen MR) is 78.4 cm³/mol. The molecule has 0 radical (unpaired) electrons. The molecule has 1 heterocycles. The van der Waals surface area contributed by atoms with Gasteiger partial charge in [0.25, 0.3) is 0 Å². The van der Waals surface area contributed by atoms with Crippen molar-refractivity contribution < 1.29 is 4.42 Å². The maximum absolute atomic E-state index is 5.50. The second kappa shape index (κ2) is 6.16. The molecule has 0 unspecified atom stereocenters. The van der Waals surface area contributed by atoms with E-state index in [-0.39, 0.29) is 0 Å². The minimum absolute atomic E-state index is 0.386. The van der Waals surface area contributed by atoms with Crippen molar-refractivity contribution in [2.45, 2.75) is 33.4 Å². The Morgan fingerprint density at radius 3 is 2.79 bits per heavy atom. The van der Waals surface area contributed by atoms with Crippen molar-refractivity contribution in [2.24, 2.45) is 0 Å². The van der Waals surface area contributed by atoms with Gasteiger partial charge >= 0.3 is 6.01 Å². The number of hydrogen-bond donors (Lipinski definition) is 2. The highest BCUT2D eigenvalue weighted by molar-refractivity contribution is 9.10. The zero-order valence-corrected chi connectivity index (χ0v) is 12.8. The molecule has 2 rings (SSSR count). The molecule has 0 atom stereocenters. The van der Waals surface area contributed by atoms with Gasteiger partial charge in [0.05, 0.1) is 6.54 Å². The first kappa shape index (κ1) is 14.0. The number of anilines is 2. The highest BCUT2D eigenvalue weighted by Gasteiger charge is 2.07. The van der Waals surface area contributed by atoms with E-state index in [1.165, 1.54) is 5.56 Å². The Kier molecular flexibility index (Phi) is 4.55. The lowest BCUT2D eigenvalue weighted by Gasteiger charge is -2.04. The van der Waals surface area contributed by atoms with E-state index in [0.29, 0.717) is 24.5 Å². The number of aryl methyl sites for hydroxylation is 1. The number of aromatic nitrogens is 2. The summed E-state index contributed by atoms with van der Waals surface area (Å²) in [6.45, 7) is 6.75. The molecule has 0 amide bonds. The Morgan fingerprint density at radius 1 is 1.32 bits per heavy atom. The topological polar surface area (TPSA) is 63.0 Å². The zero-order chi connectivity index (χ0) is 13.8. The lowest BCUT2D eigenvalue weighted by Crippen LogP contribution is -2.21. The highest BCUT2D eigenvalue weighted by Crippen LogP contribution is 2.23. The fraction of sp³-hybridized carbons (Fsp3) is 0.385. The lowest BCUT2D eigenvalue weighted by molar-refractivity contribution is 0.460. The van der Waals surface area contributed by atoms with E-state index in [9.17, 15) is 0 Å². The van der Waals surface area contributed by atoms with Crippen LogP contribution in [0.25, 0.3) is 0 Å². The normalized spacial score (nSPS) is 11.0. The largest absolute Gasteiger partial charge is 0.406 e. The van der Waals surface area contributed by atoms with Crippen LogP contribution in [0.1, 0.15) is 25.3 Å². The molecule has 0 aliphatic rings. The van der Waals surface area contributed by atoms with Gasteiger partial charge in [-0.25, -0.2) is 0 Å². The maximum atomic E-state index is 5.50. The molecular weight excluding hydrogens is 308 g/mol. The van der Waals surface area contributed by atoms with E-state index < -0.39 is 0 Å². The number of nitrogens with one attached hydrogen (secondary N) is 2. The van der Waals surface area contributed by atoms with Gasteiger partial charge in [0, 0.05) is 16.2 Å². The Bertz CT molecular complexity index is 553. The van der Waals surface area contributed by atoms with Crippen LogP contribution in [-0.2, 0) is 6.54 Å². The Hall–Kier alpha value is -1.40. The van der Waals surface area contributed by atoms with Crippen molar-refractivity contribution in [1.82, 2.24) is 15.5 Å². The average molecular weight is 325 g/mol. The van der Waals surface area contributed by atoms with E-state index >= 15 is 0 Å². The van der Waals surface area contributed by atoms with Crippen LogP contribution in [0.15, 0.2) is 27.1 Å². The molecule has 0 saturated heterocycles. The quantitative estimate of drug-likeness (QED) is 0.882. The minimum Gasteiger partial charge on any atom is -0.406 e. The summed E-state index contributed by atoms with van der Waals surface area (Å²) in [5.41, 5.74) is 2.09. The fourth-order valence-electron chi connectivity index (χ4n) is 1.46. The molecule has 0 aliphatic carbocycles. The van der Waals surface area contributed by atoms with Crippen molar-refractivity contribution in [3.05, 3.63) is 34.1 Å². The SMILES string of the molecule is Cc1ccc(Nc2nnc(CNC(C)C)o2)cc1Br. The summed E-state index contributed by atoms with van der Waals surface area (Å²) in [4.78, 5) is 0. The average Bonchev–Trinajstić information content (AvgIpc) is 2.79. The number of benzene rings is 1. The van der Waals surface area contributed by atoms with E-state index in [4.69, 9.17) is 4.42 Å². The van der Waals surface area contributed by atoms with Gasteiger partial charge in [0.1, 0.15) is 0 Å². The standard InChI is InChI=1S/C13H17BrN4O/c1-8(2)15-7-12-17-18-13(19-12)16-10-5-4-9(3)11(14)6-10/h4-6,8,15H,7H2,1-3H3,(H,16,18). The van der Waals surface area contributed by atoms with Crippen LogP contribution in [0.2, 0.25) is 0 Å². The lowest BCUT2D eigenvalue weighted by atomic mass is 10.2. The van der Waals surface area contributed by atoms with Gasteiger partial charge in [-0.15, -0.1) is 5.10 Å². The molecule has 0 fully saturated rings. The zero-order valence-electron chi connectivity index (χ0n) is 11.2. The smallest absolute Gasteiger partial charge is 0.320 e. The van der Waals surface area contributed by atoms with Crippen LogP contribution >= 0.6 is 15.9 Å². The first-order chi connectivity index (χ1) is 9.04. The molecule has 0 aliphatic heterocycles. The summed E-state index contributed by atoms with van der Waals surface area (Å²) in [7, 11) is 0. The molecule has 6 heteroatoms. The van der Waals surface area contributed by atoms with E-state index in [2.05, 4.69) is 50.6 Å². The van der Waals surface area contributed by atoms with Crippen molar-refractivity contribution >= 4 is 27.6 Å². The molecule has 19 heavy (non-hydrogen) atoms. The summed E-state index contributed by atoms with van der Waals surface area (Å²) in [6, 6.07) is 6.75. The van der Waals surface area contributed by atoms with Crippen molar-refractivity contribution in [2.75, 3.05) is 5.32 Å². The molecule has 0 saturated carbocycles. The molecule has 1 aromatic carbocycles. The first-order valence-electron chi connectivity index (χ1n) is 6.13. The van der Waals surface area contributed by atoms with Crippen LogP contribution in [0.3, 0.4) is 0 Å². The van der Waals surface area contributed by atoms with Crippen molar-refractivity contribution in [1.29, 1.82) is 0 Å². The van der Waals surface area contributed by atoms with Gasteiger partial charge in [-0.3, -0.25) is 0 Å². The minimum atomic E-state index is 0.386. The summed E-state index contributed by atoms with van der Waals surface area (Å²) < 4.78 is 6.54. The Morgan fingerprint density at radius 2 is 2.11 bits per heavy atom. The number of nitrogens with zero attached hydrogens (tertiary/aromatic N) is 2. The third kappa shape index (κ3) is 4.04. The molecule has 5 nitrogen and oxygen atoms in total. The predicted octanol–water partition coefficient (Wildman–Crippen LogP) is 3.38. The Balaban J connectivity index is 2.01. The van der Waals surface area contributed by atoms with Crippen LogP contribution in [0.5, 0.6) is 0 Å².